The van der Waals surface area contributed by atoms with Gasteiger partial charge < -0.3 is 0 Å². The number of benzene rings is 3. The Bertz CT molecular complexity index is 855. The molecule has 0 unspecified atom stereocenters. The van der Waals surface area contributed by atoms with Crippen LogP contribution in [0.3, 0.4) is 0 Å². The van der Waals surface area contributed by atoms with E-state index in [2.05, 4.69) is 47.2 Å². The minimum Gasteiger partial charge on any atom is -0.289 e. The van der Waals surface area contributed by atoms with E-state index >= 15 is 0 Å². The topological polar surface area (TPSA) is 17.1 Å². The average Bonchev–Trinajstić information content (AvgIpc) is 2.62. The summed E-state index contributed by atoms with van der Waals surface area (Å²) in [4.78, 5) is 12.9. The molecule has 0 spiro atoms. The van der Waals surface area contributed by atoms with Gasteiger partial charge in [0.1, 0.15) is 0 Å². The van der Waals surface area contributed by atoms with Crippen molar-refractivity contribution in [2.45, 2.75) is 13.1 Å². The van der Waals surface area contributed by atoms with E-state index in [4.69, 9.17) is 0 Å². The molecule has 0 heterocycles. The number of rotatable bonds is 4. The molecule has 3 heteroatoms. The third-order valence-electron chi connectivity index (χ3n) is 4.02. The Morgan fingerprint density at radius 1 is 0.833 bits per heavy atom. The van der Waals surface area contributed by atoms with Crippen LogP contribution >= 0.6 is 15.9 Å². The first-order chi connectivity index (χ1) is 11.6. The number of carbonyl (C=O) groups excluding carboxylic acids is 1. The van der Waals surface area contributed by atoms with Crippen LogP contribution in [0.4, 0.5) is 0 Å². The Kier molecular flexibility index (Phi) is 5.12. The van der Waals surface area contributed by atoms with E-state index < -0.39 is 8.80 Å². The molecule has 3 aromatic carbocycles. The molecule has 0 aliphatic rings. The van der Waals surface area contributed by atoms with Gasteiger partial charge in [0.15, 0.2) is 5.78 Å². The van der Waals surface area contributed by atoms with E-state index in [-0.39, 0.29) is 5.78 Å². The zero-order chi connectivity index (χ0) is 17.1. The fourth-order valence-electron chi connectivity index (χ4n) is 2.73. The van der Waals surface area contributed by atoms with E-state index in [0.29, 0.717) is 0 Å². The minimum absolute atomic E-state index is 0.100. The first-order valence-electron chi connectivity index (χ1n) is 7.86. The standard InChI is InChI=1S/C21H18BrOSi/c1-24(2)20-14-18(22)12-13-19(20)21(23)17-10-8-16(9-11-17)15-6-4-3-5-7-15/h3-14H,1-2H3. The van der Waals surface area contributed by atoms with Gasteiger partial charge in [-0.25, -0.2) is 0 Å². The molecule has 1 radical (unpaired) electrons. The van der Waals surface area contributed by atoms with E-state index in [1.807, 2.05) is 54.6 Å². The summed E-state index contributed by atoms with van der Waals surface area (Å²) in [6.45, 7) is 4.42. The highest BCUT2D eigenvalue weighted by Crippen LogP contribution is 2.21. The highest BCUT2D eigenvalue weighted by molar-refractivity contribution is 9.10. The quantitative estimate of drug-likeness (QED) is 0.433. The second kappa shape index (κ2) is 7.28. The van der Waals surface area contributed by atoms with Crippen molar-refractivity contribution < 1.29 is 4.79 Å². The maximum Gasteiger partial charge on any atom is 0.192 e. The van der Waals surface area contributed by atoms with Gasteiger partial charge in [-0.05, 0) is 23.3 Å². The van der Waals surface area contributed by atoms with Gasteiger partial charge in [0.25, 0.3) is 0 Å². The Morgan fingerprint density at radius 2 is 1.46 bits per heavy atom. The molecule has 0 aromatic heterocycles. The Balaban J connectivity index is 1.94. The summed E-state index contributed by atoms with van der Waals surface area (Å²) in [5, 5.41) is 1.17. The van der Waals surface area contributed by atoms with E-state index in [0.717, 1.165) is 26.7 Å². The van der Waals surface area contributed by atoms with Gasteiger partial charge >= 0.3 is 0 Å². The van der Waals surface area contributed by atoms with Crippen LogP contribution < -0.4 is 5.19 Å². The lowest BCUT2D eigenvalue weighted by Crippen LogP contribution is -2.29. The smallest absolute Gasteiger partial charge is 0.192 e. The van der Waals surface area contributed by atoms with Gasteiger partial charge in [0.2, 0.25) is 0 Å². The zero-order valence-corrected chi connectivity index (χ0v) is 16.3. The molecule has 0 aliphatic heterocycles. The maximum atomic E-state index is 12.9. The molecule has 0 atom stereocenters. The summed E-state index contributed by atoms with van der Waals surface area (Å²) in [6.07, 6.45) is 0. The Hall–Kier alpha value is -1.97. The van der Waals surface area contributed by atoms with Crippen LogP contribution in [-0.4, -0.2) is 14.6 Å². The van der Waals surface area contributed by atoms with Gasteiger partial charge in [-0.2, -0.15) is 0 Å². The summed E-state index contributed by atoms with van der Waals surface area (Å²) in [6, 6.07) is 24.1. The third kappa shape index (κ3) is 3.58. The van der Waals surface area contributed by atoms with Crippen molar-refractivity contribution in [3.05, 3.63) is 88.4 Å². The van der Waals surface area contributed by atoms with Crippen molar-refractivity contribution in [1.82, 2.24) is 0 Å². The van der Waals surface area contributed by atoms with Crippen LogP contribution in [0.1, 0.15) is 15.9 Å². The van der Waals surface area contributed by atoms with E-state index in [9.17, 15) is 4.79 Å². The van der Waals surface area contributed by atoms with Gasteiger partial charge in [0.05, 0.1) is 8.80 Å². The molecule has 3 rings (SSSR count). The van der Waals surface area contributed by atoms with Crippen LogP contribution in [0, 0.1) is 0 Å². The summed E-state index contributed by atoms with van der Waals surface area (Å²) < 4.78 is 1.03. The van der Waals surface area contributed by atoms with Crippen LogP contribution in [0.5, 0.6) is 0 Å². The summed E-state index contributed by atoms with van der Waals surface area (Å²) >= 11 is 3.51. The van der Waals surface area contributed by atoms with Crippen molar-refractivity contribution in [2.75, 3.05) is 0 Å². The number of carbonyl (C=O) groups is 1. The van der Waals surface area contributed by atoms with Crippen molar-refractivity contribution >= 4 is 35.7 Å². The molecule has 0 saturated carbocycles. The third-order valence-corrected chi connectivity index (χ3v) is 6.00. The fourth-order valence-corrected chi connectivity index (χ4v) is 4.48. The summed E-state index contributed by atoms with van der Waals surface area (Å²) in [7, 11) is -0.717. The Labute approximate surface area is 153 Å². The van der Waals surface area contributed by atoms with E-state index in [1.54, 1.807) is 0 Å². The van der Waals surface area contributed by atoms with Gasteiger partial charge in [-0.15, -0.1) is 0 Å². The van der Waals surface area contributed by atoms with Crippen molar-refractivity contribution in [1.29, 1.82) is 0 Å². The second-order valence-corrected chi connectivity index (χ2v) is 9.42. The predicted molar refractivity (Wildman–Crippen MR) is 107 cm³/mol. The number of halogens is 1. The maximum absolute atomic E-state index is 12.9. The molecule has 24 heavy (non-hydrogen) atoms. The summed E-state index contributed by atoms with van der Waals surface area (Å²) in [5.41, 5.74) is 3.85. The normalized spacial score (nSPS) is 10.8. The van der Waals surface area contributed by atoms with Crippen LogP contribution in [-0.2, 0) is 0 Å². The molecular formula is C21H18BrOSi. The lowest BCUT2D eigenvalue weighted by atomic mass is 9.99. The van der Waals surface area contributed by atoms with Crippen LogP contribution in [0.15, 0.2) is 77.3 Å². The van der Waals surface area contributed by atoms with Crippen molar-refractivity contribution in [3.63, 3.8) is 0 Å². The Morgan fingerprint density at radius 3 is 2.08 bits per heavy atom. The van der Waals surface area contributed by atoms with Crippen LogP contribution in [0.25, 0.3) is 11.1 Å². The van der Waals surface area contributed by atoms with Crippen molar-refractivity contribution in [2.24, 2.45) is 0 Å². The summed E-state index contributed by atoms with van der Waals surface area (Å²) in [5.74, 6) is 0.100. The molecule has 0 N–H and O–H groups in total. The molecule has 0 bridgehead atoms. The lowest BCUT2D eigenvalue weighted by molar-refractivity contribution is 0.104. The number of hydrogen-bond acceptors (Lipinski definition) is 1. The number of ketones is 1. The fraction of sp³-hybridized carbons (Fsp3) is 0.0952. The van der Waals surface area contributed by atoms with Crippen LogP contribution in [0.2, 0.25) is 13.1 Å². The molecule has 1 nitrogen and oxygen atoms in total. The molecule has 0 amide bonds. The van der Waals surface area contributed by atoms with E-state index in [1.165, 1.54) is 5.19 Å². The largest absolute Gasteiger partial charge is 0.289 e. The first kappa shape index (κ1) is 16.9. The SMILES string of the molecule is C[Si](C)c1cc(Br)ccc1C(=O)c1ccc(-c2ccccc2)cc1. The second-order valence-electron chi connectivity index (χ2n) is 5.96. The lowest BCUT2D eigenvalue weighted by Gasteiger charge is -2.12. The van der Waals surface area contributed by atoms with Gasteiger partial charge in [0, 0.05) is 15.6 Å². The molecule has 0 aliphatic carbocycles. The molecule has 119 valence electrons. The van der Waals surface area contributed by atoms with Gasteiger partial charge in [-0.1, -0.05) is 94.9 Å². The van der Waals surface area contributed by atoms with Gasteiger partial charge in [-0.3, -0.25) is 4.79 Å². The molecule has 0 fully saturated rings. The molecular weight excluding hydrogens is 376 g/mol. The number of hydrogen-bond donors (Lipinski definition) is 0. The average molecular weight is 394 g/mol. The van der Waals surface area contributed by atoms with Crippen molar-refractivity contribution in [3.8, 4) is 11.1 Å². The first-order valence-corrected chi connectivity index (χ1v) is 11.2. The highest BCUT2D eigenvalue weighted by atomic mass is 79.9. The monoisotopic (exact) mass is 393 g/mol. The zero-order valence-electron chi connectivity index (χ0n) is 13.7. The highest BCUT2D eigenvalue weighted by Gasteiger charge is 2.16. The molecule has 3 aromatic rings. The predicted octanol–water partition coefficient (Wildman–Crippen LogP) is 5.31. The minimum atomic E-state index is -0.717. The molecule has 0 saturated heterocycles.